The van der Waals surface area contributed by atoms with Gasteiger partial charge in [0.05, 0.1) is 7.11 Å². The molecule has 0 heterocycles. The fraction of sp³-hybridized carbons (Fsp3) is 0.429. The van der Waals surface area contributed by atoms with Gasteiger partial charge in [-0.25, -0.2) is 0 Å². The molecule has 0 atom stereocenters. The second-order valence-corrected chi connectivity index (χ2v) is 8.63. The summed E-state index contributed by atoms with van der Waals surface area (Å²) in [4.78, 5) is 0. The minimum atomic E-state index is -5.58. The third kappa shape index (κ3) is 7.27. The molecular formula is C21H27F3O4S. The number of ether oxygens (including phenoxy) is 1. The number of benzene rings is 2. The molecule has 0 N–H and O–H groups in total. The molecule has 0 aliphatic rings. The largest absolute Gasteiger partial charge is 0.534 e. The average molecular weight is 433 g/mol. The Labute approximate surface area is 170 Å². The highest BCUT2D eigenvalue weighted by molar-refractivity contribution is 7.88. The summed E-state index contributed by atoms with van der Waals surface area (Å²) in [7, 11) is -3.88. The molecular weight excluding hydrogens is 405 g/mol. The van der Waals surface area contributed by atoms with Crippen LogP contribution in [0.5, 0.6) is 11.5 Å². The Morgan fingerprint density at radius 1 is 0.862 bits per heavy atom. The standard InChI is InChI=1S/C11H16O.C10H11F3O3S/c1-8(2)10-5-6-11(12-4)9(3)7-10;1-7(2)8-3-5-9(6-4-8)16-17(14,15)10(11,12)13/h5-8H,1-4H3;3-7H,1-2H3. The minimum absolute atomic E-state index is 0.197. The van der Waals surface area contributed by atoms with E-state index in [1.54, 1.807) is 7.11 Å². The van der Waals surface area contributed by atoms with Gasteiger partial charge in [-0.05, 0) is 53.6 Å². The second kappa shape index (κ2) is 10.0. The zero-order chi connectivity index (χ0) is 22.4. The van der Waals surface area contributed by atoms with Crippen molar-refractivity contribution in [1.82, 2.24) is 0 Å². The predicted octanol–water partition coefficient (Wildman–Crippen LogP) is 6.17. The van der Waals surface area contributed by atoms with Crippen LogP contribution in [0.4, 0.5) is 13.2 Å². The van der Waals surface area contributed by atoms with E-state index in [0.717, 1.165) is 11.3 Å². The zero-order valence-corrected chi connectivity index (χ0v) is 18.2. The Hall–Kier alpha value is -2.22. The van der Waals surface area contributed by atoms with Crippen molar-refractivity contribution in [3.63, 3.8) is 0 Å². The van der Waals surface area contributed by atoms with Crippen molar-refractivity contribution in [2.75, 3.05) is 7.11 Å². The summed E-state index contributed by atoms with van der Waals surface area (Å²) in [5.74, 6) is 1.41. The van der Waals surface area contributed by atoms with E-state index in [2.05, 4.69) is 37.1 Å². The van der Waals surface area contributed by atoms with Crippen LogP contribution in [0.25, 0.3) is 0 Å². The van der Waals surface area contributed by atoms with E-state index in [-0.39, 0.29) is 11.7 Å². The van der Waals surface area contributed by atoms with Gasteiger partial charge >= 0.3 is 15.6 Å². The summed E-state index contributed by atoms with van der Waals surface area (Å²) in [5, 5.41) is 0. The van der Waals surface area contributed by atoms with Crippen LogP contribution in [0.3, 0.4) is 0 Å². The number of aryl methyl sites for hydroxylation is 1. The molecule has 0 unspecified atom stereocenters. The Kier molecular flexibility index (Phi) is 8.56. The maximum atomic E-state index is 12.0. The number of rotatable bonds is 5. The SMILES string of the molecule is CC(C)c1ccc(OS(=O)(=O)C(F)(F)F)cc1.COc1ccc(C(C)C)cc1C. The second-order valence-electron chi connectivity index (χ2n) is 7.09. The highest BCUT2D eigenvalue weighted by atomic mass is 32.2. The third-order valence-corrected chi connectivity index (χ3v) is 5.10. The van der Waals surface area contributed by atoms with E-state index < -0.39 is 15.6 Å². The summed E-state index contributed by atoms with van der Waals surface area (Å²) in [6, 6.07) is 11.8. The molecule has 0 saturated carbocycles. The van der Waals surface area contributed by atoms with Crippen LogP contribution in [-0.2, 0) is 10.1 Å². The van der Waals surface area contributed by atoms with Crippen LogP contribution in [0, 0.1) is 6.92 Å². The van der Waals surface area contributed by atoms with E-state index >= 15 is 0 Å². The van der Waals surface area contributed by atoms with Gasteiger partial charge in [-0.3, -0.25) is 0 Å². The highest BCUT2D eigenvalue weighted by Crippen LogP contribution is 2.27. The molecule has 0 aliphatic heterocycles. The molecule has 0 aromatic heterocycles. The highest BCUT2D eigenvalue weighted by Gasteiger charge is 2.48. The molecule has 2 aromatic rings. The molecule has 29 heavy (non-hydrogen) atoms. The normalized spacial score (nSPS) is 11.8. The minimum Gasteiger partial charge on any atom is -0.496 e. The molecule has 0 saturated heterocycles. The zero-order valence-electron chi connectivity index (χ0n) is 17.4. The molecule has 4 nitrogen and oxygen atoms in total. The van der Waals surface area contributed by atoms with Crippen molar-refractivity contribution in [1.29, 1.82) is 0 Å². The number of hydrogen-bond acceptors (Lipinski definition) is 4. The number of hydrogen-bond donors (Lipinski definition) is 0. The maximum Gasteiger partial charge on any atom is 0.534 e. The van der Waals surface area contributed by atoms with E-state index in [4.69, 9.17) is 4.74 Å². The van der Waals surface area contributed by atoms with Gasteiger partial charge in [0, 0.05) is 0 Å². The topological polar surface area (TPSA) is 52.6 Å². The predicted molar refractivity (Wildman–Crippen MR) is 108 cm³/mol. The number of alkyl halides is 3. The van der Waals surface area contributed by atoms with Crippen molar-refractivity contribution in [2.24, 2.45) is 0 Å². The lowest BCUT2D eigenvalue weighted by Gasteiger charge is -2.10. The van der Waals surface area contributed by atoms with E-state index in [1.165, 1.54) is 35.4 Å². The van der Waals surface area contributed by atoms with Gasteiger partial charge in [-0.15, -0.1) is 0 Å². The van der Waals surface area contributed by atoms with Gasteiger partial charge in [0.25, 0.3) is 0 Å². The van der Waals surface area contributed by atoms with Crippen molar-refractivity contribution in [3.05, 3.63) is 59.2 Å². The maximum absolute atomic E-state index is 12.0. The summed E-state index contributed by atoms with van der Waals surface area (Å²) in [6.45, 7) is 10.3. The van der Waals surface area contributed by atoms with Gasteiger partial charge in [0.1, 0.15) is 11.5 Å². The number of halogens is 3. The van der Waals surface area contributed by atoms with Gasteiger partial charge in [-0.1, -0.05) is 52.0 Å². The smallest absolute Gasteiger partial charge is 0.496 e. The van der Waals surface area contributed by atoms with Gasteiger partial charge < -0.3 is 8.92 Å². The van der Waals surface area contributed by atoms with Crippen molar-refractivity contribution >= 4 is 10.1 Å². The lowest BCUT2D eigenvalue weighted by Crippen LogP contribution is -2.28. The van der Waals surface area contributed by atoms with E-state index in [9.17, 15) is 21.6 Å². The summed E-state index contributed by atoms with van der Waals surface area (Å²) in [5.41, 5.74) is -1.96. The Morgan fingerprint density at radius 2 is 1.34 bits per heavy atom. The monoisotopic (exact) mass is 432 g/mol. The fourth-order valence-corrected chi connectivity index (χ4v) is 2.80. The van der Waals surface area contributed by atoms with Crippen molar-refractivity contribution in [2.45, 2.75) is 52.0 Å². The van der Waals surface area contributed by atoms with Crippen molar-refractivity contribution < 1.29 is 30.5 Å². The molecule has 162 valence electrons. The first kappa shape index (κ1) is 24.8. The van der Waals surface area contributed by atoms with Gasteiger partial charge in [-0.2, -0.15) is 21.6 Å². The molecule has 2 rings (SSSR count). The van der Waals surface area contributed by atoms with Crippen LogP contribution in [-0.4, -0.2) is 21.0 Å². The summed E-state index contributed by atoms with van der Waals surface area (Å²) in [6.07, 6.45) is 0. The Bertz CT molecular complexity index is 887. The van der Waals surface area contributed by atoms with E-state index in [1.807, 2.05) is 19.9 Å². The molecule has 8 heteroatoms. The first-order valence-corrected chi connectivity index (χ1v) is 10.4. The summed E-state index contributed by atoms with van der Waals surface area (Å²) < 4.78 is 66.6. The van der Waals surface area contributed by atoms with Crippen LogP contribution in [0.1, 0.15) is 56.2 Å². The molecule has 0 radical (unpaired) electrons. The molecule has 0 amide bonds. The molecule has 0 bridgehead atoms. The fourth-order valence-electron chi connectivity index (χ4n) is 2.34. The lowest BCUT2D eigenvalue weighted by molar-refractivity contribution is -0.0500. The number of methoxy groups -OCH3 is 1. The molecule has 2 aromatic carbocycles. The summed E-state index contributed by atoms with van der Waals surface area (Å²) >= 11 is 0. The lowest BCUT2D eigenvalue weighted by atomic mass is 10.0. The Balaban J connectivity index is 0.000000308. The quantitative estimate of drug-likeness (QED) is 0.419. The first-order chi connectivity index (χ1) is 13.3. The van der Waals surface area contributed by atoms with Gasteiger partial charge in [0.2, 0.25) is 0 Å². The average Bonchev–Trinajstić information content (AvgIpc) is 2.61. The van der Waals surface area contributed by atoms with E-state index in [0.29, 0.717) is 5.92 Å². The first-order valence-electron chi connectivity index (χ1n) is 9.03. The van der Waals surface area contributed by atoms with Crippen LogP contribution in [0.15, 0.2) is 42.5 Å². The Morgan fingerprint density at radius 3 is 1.72 bits per heavy atom. The van der Waals surface area contributed by atoms with Crippen LogP contribution >= 0.6 is 0 Å². The van der Waals surface area contributed by atoms with Crippen LogP contribution < -0.4 is 8.92 Å². The van der Waals surface area contributed by atoms with Crippen LogP contribution in [0.2, 0.25) is 0 Å². The van der Waals surface area contributed by atoms with Gasteiger partial charge in [0.15, 0.2) is 0 Å². The molecule has 0 aliphatic carbocycles. The third-order valence-electron chi connectivity index (χ3n) is 4.12. The molecule has 0 fully saturated rings. The molecule has 0 spiro atoms. The van der Waals surface area contributed by atoms with Crippen molar-refractivity contribution in [3.8, 4) is 11.5 Å².